The molecule has 6 nitrogen and oxygen atoms in total. The largest absolute Gasteiger partial charge is 0.491 e. The number of para-hydroxylation sites is 1. The summed E-state index contributed by atoms with van der Waals surface area (Å²) in [5.74, 6) is -0.724. The SMILES string of the molecule is CCn1ccn(CCOc2ccccc2C(=O)O)c1=O. The molecule has 0 radical (unpaired) electrons. The summed E-state index contributed by atoms with van der Waals surface area (Å²) in [6.07, 6.45) is 3.41. The predicted molar refractivity (Wildman–Crippen MR) is 73.3 cm³/mol. The standard InChI is InChI=1S/C14H16N2O4/c1-2-15-7-8-16(14(15)19)9-10-20-12-6-4-3-5-11(12)13(17)18/h3-8H,2,9-10H2,1H3,(H,17,18). The van der Waals surface area contributed by atoms with Crippen molar-refractivity contribution in [2.45, 2.75) is 20.0 Å². The summed E-state index contributed by atoms with van der Waals surface area (Å²) in [4.78, 5) is 22.8. The van der Waals surface area contributed by atoms with Crippen molar-refractivity contribution in [1.29, 1.82) is 0 Å². The molecule has 0 unspecified atom stereocenters. The maximum absolute atomic E-state index is 11.8. The van der Waals surface area contributed by atoms with E-state index in [1.807, 2.05) is 6.92 Å². The van der Waals surface area contributed by atoms with Gasteiger partial charge in [0.1, 0.15) is 17.9 Å². The Labute approximate surface area is 115 Å². The number of carboxylic acid groups (broad SMARTS) is 1. The zero-order valence-corrected chi connectivity index (χ0v) is 11.2. The van der Waals surface area contributed by atoms with Gasteiger partial charge < -0.3 is 9.84 Å². The van der Waals surface area contributed by atoms with Crippen molar-refractivity contribution in [2.75, 3.05) is 6.61 Å². The first-order valence-electron chi connectivity index (χ1n) is 6.34. The zero-order chi connectivity index (χ0) is 14.5. The maximum Gasteiger partial charge on any atom is 0.339 e. The zero-order valence-electron chi connectivity index (χ0n) is 11.2. The number of rotatable bonds is 6. The molecule has 0 saturated carbocycles. The Bertz CT molecular complexity index is 657. The number of benzene rings is 1. The van der Waals surface area contributed by atoms with Crippen molar-refractivity contribution in [3.05, 3.63) is 52.7 Å². The molecule has 0 fully saturated rings. The summed E-state index contributed by atoms with van der Waals surface area (Å²) in [5.41, 5.74) is 0.0218. The maximum atomic E-state index is 11.8. The molecule has 0 spiro atoms. The van der Waals surface area contributed by atoms with E-state index in [4.69, 9.17) is 9.84 Å². The highest BCUT2D eigenvalue weighted by Gasteiger charge is 2.10. The van der Waals surface area contributed by atoms with Crippen molar-refractivity contribution in [3.63, 3.8) is 0 Å². The molecule has 0 atom stereocenters. The Morgan fingerprint density at radius 2 is 1.95 bits per heavy atom. The van der Waals surface area contributed by atoms with Gasteiger partial charge in [0.15, 0.2) is 0 Å². The Morgan fingerprint density at radius 1 is 1.25 bits per heavy atom. The minimum absolute atomic E-state index is 0.0948. The van der Waals surface area contributed by atoms with Gasteiger partial charge in [0, 0.05) is 18.9 Å². The molecule has 0 amide bonds. The predicted octanol–water partition coefficient (Wildman–Crippen LogP) is 1.45. The summed E-state index contributed by atoms with van der Waals surface area (Å²) in [5, 5.41) is 9.02. The van der Waals surface area contributed by atoms with Crippen LogP contribution in [-0.2, 0) is 13.1 Å². The summed E-state index contributed by atoms with van der Waals surface area (Å²) in [6, 6.07) is 6.44. The third kappa shape index (κ3) is 2.90. The number of carboxylic acids is 1. The first-order valence-corrected chi connectivity index (χ1v) is 6.34. The fraction of sp³-hybridized carbons (Fsp3) is 0.286. The molecule has 1 aromatic heterocycles. The van der Waals surface area contributed by atoms with Gasteiger partial charge in [-0.05, 0) is 19.1 Å². The topological polar surface area (TPSA) is 73.5 Å². The van der Waals surface area contributed by atoms with Crippen molar-refractivity contribution in [1.82, 2.24) is 9.13 Å². The van der Waals surface area contributed by atoms with Crippen LogP contribution in [0, 0.1) is 0 Å². The van der Waals surface area contributed by atoms with Crippen LogP contribution in [0.15, 0.2) is 41.5 Å². The second kappa shape index (κ2) is 6.10. The number of hydrogen-bond donors (Lipinski definition) is 1. The molecule has 0 aliphatic heterocycles. The molecular formula is C14H16N2O4. The molecule has 0 saturated heterocycles. The molecule has 6 heteroatoms. The molecule has 1 aromatic carbocycles. The average Bonchev–Trinajstić information content (AvgIpc) is 2.80. The minimum atomic E-state index is -1.03. The second-order valence-electron chi connectivity index (χ2n) is 4.21. The molecule has 0 aliphatic carbocycles. The van der Waals surface area contributed by atoms with Crippen molar-refractivity contribution in [3.8, 4) is 5.75 Å². The van der Waals surface area contributed by atoms with Crippen LogP contribution in [0.25, 0.3) is 0 Å². The lowest BCUT2D eigenvalue weighted by Gasteiger charge is -2.08. The van der Waals surface area contributed by atoms with Crippen LogP contribution in [0.1, 0.15) is 17.3 Å². The van der Waals surface area contributed by atoms with Crippen LogP contribution in [0.5, 0.6) is 5.75 Å². The Morgan fingerprint density at radius 3 is 2.60 bits per heavy atom. The van der Waals surface area contributed by atoms with Crippen LogP contribution in [0.4, 0.5) is 0 Å². The van der Waals surface area contributed by atoms with Crippen molar-refractivity contribution < 1.29 is 14.6 Å². The molecule has 0 bridgehead atoms. The molecule has 20 heavy (non-hydrogen) atoms. The van der Waals surface area contributed by atoms with Gasteiger partial charge in [0.25, 0.3) is 0 Å². The molecule has 0 aliphatic rings. The number of carbonyl (C=O) groups is 1. The Kier molecular flexibility index (Phi) is 4.24. The fourth-order valence-corrected chi connectivity index (χ4v) is 1.89. The van der Waals surface area contributed by atoms with Gasteiger partial charge in [-0.15, -0.1) is 0 Å². The van der Waals surface area contributed by atoms with E-state index in [1.165, 1.54) is 10.6 Å². The lowest BCUT2D eigenvalue weighted by molar-refractivity contribution is 0.0692. The van der Waals surface area contributed by atoms with Crippen LogP contribution in [-0.4, -0.2) is 26.8 Å². The van der Waals surface area contributed by atoms with Gasteiger partial charge in [-0.3, -0.25) is 9.13 Å². The van der Waals surface area contributed by atoms with Crippen molar-refractivity contribution >= 4 is 5.97 Å². The lowest BCUT2D eigenvalue weighted by atomic mass is 10.2. The Balaban J connectivity index is 2.01. The van der Waals surface area contributed by atoms with Gasteiger partial charge in [-0.25, -0.2) is 9.59 Å². The second-order valence-corrected chi connectivity index (χ2v) is 4.21. The van der Waals surface area contributed by atoms with Crippen LogP contribution in [0.3, 0.4) is 0 Å². The van der Waals surface area contributed by atoms with E-state index in [0.717, 1.165) is 0 Å². The molecule has 106 valence electrons. The number of aryl methyl sites for hydroxylation is 1. The minimum Gasteiger partial charge on any atom is -0.491 e. The highest BCUT2D eigenvalue weighted by Crippen LogP contribution is 2.17. The van der Waals surface area contributed by atoms with Gasteiger partial charge in [0.2, 0.25) is 0 Å². The number of nitrogens with zero attached hydrogens (tertiary/aromatic N) is 2. The number of imidazole rings is 1. The van der Waals surface area contributed by atoms with E-state index in [-0.39, 0.29) is 17.9 Å². The van der Waals surface area contributed by atoms with Crippen molar-refractivity contribution in [2.24, 2.45) is 0 Å². The number of aromatic nitrogens is 2. The summed E-state index contributed by atoms with van der Waals surface area (Å²) >= 11 is 0. The van der Waals surface area contributed by atoms with Gasteiger partial charge in [0.05, 0.1) is 6.54 Å². The van der Waals surface area contributed by atoms with E-state index in [2.05, 4.69) is 0 Å². The number of aromatic carboxylic acids is 1. The van der Waals surface area contributed by atoms with Crippen LogP contribution >= 0.6 is 0 Å². The summed E-state index contributed by atoms with van der Waals surface area (Å²) in [7, 11) is 0. The van der Waals surface area contributed by atoms with Gasteiger partial charge in [-0.2, -0.15) is 0 Å². The third-order valence-electron chi connectivity index (χ3n) is 2.97. The van der Waals surface area contributed by atoms with Gasteiger partial charge in [-0.1, -0.05) is 12.1 Å². The molecule has 1 N–H and O–H groups in total. The number of ether oxygens (including phenoxy) is 1. The van der Waals surface area contributed by atoms with E-state index < -0.39 is 5.97 Å². The molecule has 2 aromatic rings. The van der Waals surface area contributed by atoms with E-state index in [0.29, 0.717) is 18.8 Å². The smallest absolute Gasteiger partial charge is 0.339 e. The monoisotopic (exact) mass is 276 g/mol. The number of hydrogen-bond acceptors (Lipinski definition) is 3. The van der Waals surface area contributed by atoms with E-state index in [9.17, 15) is 9.59 Å². The third-order valence-corrected chi connectivity index (χ3v) is 2.97. The van der Waals surface area contributed by atoms with Crippen LogP contribution < -0.4 is 10.4 Å². The van der Waals surface area contributed by atoms with Crippen LogP contribution in [0.2, 0.25) is 0 Å². The average molecular weight is 276 g/mol. The fourth-order valence-electron chi connectivity index (χ4n) is 1.89. The first-order chi connectivity index (χ1) is 9.63. The highest BCUT2D eigenvalue weighted by atomic mass is 16.5. The molecule has 2 rings (SSSR count). The van der Waals surface area contributed by atoms with E-state index in [1.54, 1.807) is 35.2 Å². The normalized spacial score (nSPS) is 10.4. The molecule has 1 heterocycles. The van der Waals surface area contributed by atoms with E-state index >= 15 is 0 Å². The summed E-state index contributed by atoms with van der Waals surface area (Å²) in [6.45, 7) is 3.12. The molecular weight excluding hydrogens is 260 g/mol. The van der Waals surface area contributed by atoms with Gasteiger partial charge >= 0.3 is 11.7 Å². The Hall–Kier alpha value is -2.50. The highest BCUT2D eigenvalue weighted by molar-refractivity contribution is 5.90. The first kappa shape index (κ1) is 13.9. The quantitative estimate of drug-likeness (QED) is 0.866. The lowest BCUT2D eigenvalue weighted by Crippen LogP contribution is -2.25. The summed E-state index contributed by atoms with van der Waals surface area (Å²) < 4.78 is 8.57.